The molecule has 2 fully saturated rings. The summed E-state index contributed by atoms with van der Waals surface area (Å²) in [5.41, 5.74) is 0.690. The van der Waals surface area contributed by atoms with Crippen LogP contribution in [0.2, 0.25) is 0 Å². The summed E-state index contributed by atoms with van der Waals surface area (Å²) in [5.74, 6) is 4.08. The Morgan fingerprint density at radius 3 is 2.44 bits per heavy atom. The standard InChI is InChI=1S/C16H30/c1-5-13-7-8-14(6-2)16(4)10-9-12(3)15(13)11-16/h12-15H,5-11H2,1-4H3. The Morgan fingerprint density at radius 1 is 1.06 bits per heavy atom. The van der Waals surface area contributed by atoms with Gasteiger partial charge >= 0.3 is 0 Å². The van der Waals surface area contributed by atoms with Crippen LogP contribution in [0.5, 0.6) is 0 Å². The van der Waals surface area contributed by atoms with Crippen molar-refractivity contribution < 1.29 is 0 Å². The molecule has 2 bridgehead atoms. The smallest absolute Gasteiger partial charge is 0.0295 e. The summed E-state index contributed by atoms with van der Waals surface area (Å²) in [6.07, 6.45) is 10.4. The van der Waals surface area contributed by atoms with Crippen LogP contribution >= 0.6 is 0 Å². The minimum absolute atomic E-state index is 0.690. The van der Waals surface area contributed by atoms with E-state index in [1.807, 2.05) is 0 Å². The van der Waals surface area contributed by atoms with E-state index in [4.69, 9.17) is 0 Å². The molecule has 0 heteroatoms. The van der Waals surface area contributed by atoms with E-state index in [9.17, 15) is 0 Å². The minimum atomic E-state index is 0.690. The lowest BCUT2D eigenvalue weighted by atomic mass is 9.60. The summed E-state index contributed by atoms with van der Waals surface area (Å²) >= 11 is 0. The van der Waals surface area contributed by atoms with Gasteiger partial charge in [-0.25, -0.2) is 0 Å². The lowest BCUT2D eigenvalue weighted by molar-refractivity contribution is 0.0495. The molecule has 16 heavy (non-hydrogen) atoms. The lowest BCUT2D eigenvalue weighted by Gasteiger charge is -2.45. The monoisotopic (exact) mass is 222 g/mol. The second-order valence-electron chi connectivity index (χ2n) is 6.89. The van der Waals surface area contributed by atoms with E-state index in [1.54, 1.807) is 0 Å². The maximum atomic E-state index is 2.60. The zero-order valence-electron chi connectivity index (χ0n) is 11.8. The quantitative estimate of drug-likeness (QED) is 0.596. The topological polar surface area (TPSA) is 0 Å². The van der Waals surface area contributed by atoms with Crippen molar-refractivity contribution in [3.63, 3.8) is 0 Å². The molecule has 5 atom stereocenters. The molecule has 5 unspecified atom stereocenters. The fourth-order valence-electron chi connectivity index (χ4n) is 4.80. The second-order valence-corrected chi connectivity index (χ2v) is 6.89. The first-order chi connectivity index (χ1) is 7.60. The molecule has 2 aliphatic carbocycles. The Morgan fingerprint density at radius 2 is 1.81 bits per heavy atom. The molecular weight excluding hydrogens is 192 g/mol. The Balaban J connectivity index is 2.21. The highest BCUT2D eigenvalue weighted by Gasteiger charge is 2.44. The fraction of sp³-hybridized carbons (Fsp3) is 1.00. The van der Waals surface area contributed by atoms with Crippen molar-refractivity contribution in [1.82, 2.24) is 0 Å². The predicted molar refractivity (Wildman–Crippen MR) is 71.4 cm³/mol. The van der Waals surface area contributed by atoms with Gasteiger partial charge in [0.1, 0.15) is 0 Å². The van der Waals surface area contributed by atoms with Crippen molar-refractivity contribution in [3.05, 3.63) is 0 Å². The highest BCUT2D eigenvalue weighted by molar-refractivity contribution is 4.95. The molecule has 0 heterocycles. The van der Waals surface area contributed by atoms with Gasteiger partial charge in [-0.3, -0.25) is 0 Å². The van der Waals surface area contributed by atoms with Crippen molar-refractivity contribution in [2.75, 3.05) is 0 Å². The third-order valence-electron chi connectivity index (χ3n) is 6.10. The van der Waals surface area contributed by atoms with Gasteiger partial charge in [-0.05, 0) is 61.2 Å². The van der Waals surface area contributed by atoms with Crippen LogP contribution in [-0.4, -0.2) is 0 Å². The Labute approximate surface area is 102 Å². The molecule has 94 valence electrons. The van der Waals surface area contributed by atoms with Crippen LogP contribution in [0, 0.1) is 29.1 Å². The number of hydrogen-bond donors (Lipinski definition) is 0. The van der Waals surface area contributed by atoms with Crippen molar-refractivity contribution in [2.24, 2.45) is 29.1 Å². The average Bonchev–Trinajstić information content (AvgIpc) is 2.39. The van der Waals surface area contributed by atoms with Gasteiger partial charge in [0.05, 0.1) is 0 Å². The summed E-state index contributed by atoms with van der Waals surface area (Å²) in [4.78, 5) is 0. The molecule has 0 spiro atoms. The van der Waals surface area contributed by atoms with Gasteiger partial charge in [0.15, 0.2) is 0 Å². The van der Waals surface area contributed by atoms with E-state index >= 15 is 0 Å². The average molecular weight is 222 g/mol. The van der Waals surface area contributed by atoms with Crippen LogP contribution in [0.4, 0.5) is 0 Å². The van der Waals surface area contributed by atoms with Crippen molar-refractivity contribution in [3.8, 4) is 0 Å². The van der Waals surface area contributed by atoms with Gasteiger partial charge in [0.25, 0.3) is 0 Å². The van der Waals surface area contributed by atoms with Crippen LogP contribution in [0.15, 0.2) is 0 Å². The summed E-state index contributed by atoms with van der Waals surface area (Å²) in [6.45, 7) is 9.93. The highest BCUT2D eigenvalue weighted by Crippen LogP contribution is 2.55. The van der Waals surface area contributed by atoms with Crippen LogP contribution < -0.4 is 0 Å². The predicted octanol–water partition coefficient (Wildman–Crippen LogP) is 5.28. The third kappa shape index (κ3) is 2.05. The van der Waals surface area contributed by atoms with Crippen LogP contribution in [0.3, 0.4) is 0 Å². The second kappa shape index (κ2) is 4.70. The molecule has 2 saturated carbocycles. The summed E-state index contributed by atoms with van der Waals surface area (Å²) in [5, 5.41) is 0. The van der Waals surface area contributed by atoms with E-state index < -0.39 is 0 Å². The molecule has 0 aromatic carbocycles. The molecule has 0 saturated heterocycles. The molecule has 0 aromatic rings. The van der Waals surface area contributed by atoms with E-state index in [1.165, 1.54) is 44.9 Å². The summed E-state index contributed by atoms with van der Waals surface area (Å²) < 4.78 is 0. The molecule has 0 N–H and O–H groups in total. The van der Waals surface area contributed by atoms with Crippen molar-refractivity contribution in [1.29, 1.82) is 0 Å². The largest absolute Gasteiger partial charge is 0.0651 e. The van der Waals surface area contributed by atoms with E-state index in [0.29, 0.717) is 5.41 Å². The van der Waals surface area contributed by atoms with Crippen LogP contribution in [-0.2, 0) is 0 Å². The van der Waals surface area contributed by atoms with Crippen LogP contribution in [0.1, 0.15) is 72.6 Å². The fourth-order valence-corrected chi connectivity index (χ4v) is 4.80. The summed E-state index contributed by atoms with van der Waals surface area (Å²) in [6, 6.07) is 0. The third-order valence-corrected chi connectivity index (χ3v) is 6.10. The first-order valence-electron chi connectivity index (χ1n) is 7.60. The van der Waals surface area contributed by atoms with Gasteiger partial charge < -0.3 is 0 Å². The molecule has 0 amide bonds. The number of fused-ring (bicyclic) bond motifs is 2. The minimum Gasteiger partial charge on any atom is -0.0651 e. The Kier molecular flexibility index (Phi) is 3.66. The SMILES string of the molecule is CCC1CCC(CC)C2(C)CCC(C)C1C2. The molecule has 0 nitrogen and oxygen atoms in total. The lowest BCUT2D eigenvalue weighted by Crippen LogP contribution is -2.36. The Hall–Kier alpha value is 0. The van der Waals surface area contributed by atoms with Gasteiger partial charge in [0, 0.05) is 0 Å². The molecular formula is C16H30. The molecule has 0 aliphatic heterocycles. The van der Waals surface area contributed by atoms with E-state index in [0.717, 1.165) is 23.7 Å². The summed E-state index contributed by atoms with van der Waals surface area (Å²) in [7, 11) is 0. The van der Waals surface area contributed by atoms with Gasteiger partial charge in [-0.15, -0.1) is 0 Å². The van der Waals surface area contributed by atoms with Gasteiger partial charge in [0.2, 0.25) is 0 Å². The van der Waals surface area contributed by atoms with Crippen LogP contribution in [0.25, 0.3) is 0 Å². The number of hydrogen-bond acceptors (Lipinski definition) is 0. The molecule has 0 radical (unpaired) electrons. The normalized spacial score (nSPS) is 48.8. The maximum absolute atomic E-state index is 2.60. The first kappa shape index (κ1) is 12.5. The van der Waals surface area contributed by atoms with Gasteiger partial charge in [-0.2, -0.15) is 0 Å². The maximum Gasteiger partial charge on any atom is -0.0295 e. The molecule has 2 aliphatic rings. The Bertz CT molecular complexity index is 232. The molecule has 2 rings (SSSR count). The van der Waals surface area contributed by atoms with Crippen molar-refractivity contribution >= 4 is 0 Å². The zero-order valence-corrected chi connectivity index (χ0v) is 11.8. The van der Waals surface area contributed by atoms with E-state index in [-0.39, 0.29) is 0 Å². The number of rotatable bonds is 2. The highest BCUT2D eigenvalue weighted by atomic mass is 14.5. The van der Waals surface area contributed by atoms with Gasteiger partial charge in [-0.1, -0.05) is 40.5 Å². The zero-order chi connectivity index (χ0) is 11.8. The van der Waals surface area contributed by atoms with E-state index in [2.05, 4.69) is 27.7 Å². The molecule has 0 aromatic heterocycles. The first-order valence-corrected chi connectivity index (χ1v) is 7.60. The van der Waals surface area contributed by atoms with Crippen molar-refractivity contribution in [2.45, 2.75) is 72.6 Å².